The Morgan fingerprint density at radius 3 is 2.55 bits per heavy atom. The lowest BCUT2D eigenvalue weighted by Gasteiger charge is -2.14. The third-order valence-electron chi connectivity index (χ3n) is 4.85. The van der Waals surface area contributed by atoms with Crippen molar-refractivity contribution in [2.75, 3.05) is 5.32 Å². The van der Waals surface area contributed by atoms with E-state index in [-0.39, 0.29) is 11.3 Å². The van der Waals surface area contributed by atoms with E-state index in [9.17, 15) is 9.59 Å². The van der Waals surface area contributed by atoms with Crippen molar-refractivity contribution in [2.45, 2.75) is 26.9 Å². The summed E-state index contributed by atoms with van der Waals surface area (Å²) in [5.41, 5.74) is 4.02. The zero-order valence-corrected chi connectivity index (χ0v) is 17.4. The summed E-state index contributed by atoms with van der Waals surface area (Å²) in [5, 5.41) is 7.16. The highest BCUT2D eigenvalue weighted by Crippen LogP contribution is 2.27. The second kappa shape index (κ2) is 8.39. The average Bonchev–Trinajstić information content (AvgIpc) is 3.14. The van der Waals surface area contributed by atoms with Crippen molar-refractivity contribution in [3.05, 3.63) is 77.5 Å². The Morgan fingerprint density at radius 1 is 1.03 bits per heavy atom. The van der Waals surface area contributed by atoms with Crippen LogP contribution in [0.25, 0.3) is 22.4 Å². The number of esters is 1. The molecule has 2 heterocycles. The molecule has 7 heteroatoms. The smallest absolute Gasteiger partial charge is 0.339 e. The van der Waals surface area contributed by atoms with E-state index >= 15 is 0 Å². The second-order valence-corrected chi connectivity index (χ2v) is 7.28. The van der Waals surface area contributed by atoms with Gasteiger partial charge in [0.15, 0.2) is 6.10 Å². The lowest BCUT2D eigenvalue weighted by molar-refractivity contribution is -0.123. The molecule has 4 rings (SSSR count). The molecule has 0 saturated heterocycles. The number of carbonyl (C=O) groups is 2. The van der Waals surface area contributed by atoms with Crippen LogP contribution in [0.4, 0.5) is 5.69 Å². The van der Waals surface area contributed by atoms with Gasteiger partial charge in [-0.2, -0.15) is 0 Å². The van der Waals surface area contributed by atoms with Crippen molar-refractivity contribution < 1.29 is 18.8 Å². The van der Waals surface area contributed by atoms with E-state index in [2.05, 4.69) is 15.5 Å². The molecule has 7 nitrogen and oxygen atoms in total. The Morgan fingerprint density at radius 2 is 1.81 bits per heavy atom. The minimum absolute atomic E-state index is 0.239. The highest BCUT2D eigenvalue weighted by atomic mass is 16.5. The molecule has 0 fully saturated rings. The second-order valence-electron chi connectivity index (χ2n) is 7.28. The molecule has 2 aromatic carbocycles. The maximum absolute atomic E-state index is 13.0. The summed E-state index contributed by atoms with van der Waals surface area (Å²) in [6.07, 6.45) is -1.00. The Hall–Kier alpha value is -4.00. The van der Waals surface area contributed by atoms with Crippen LogP contribution in [0.3, 0.4) is 0 Å². The van der Waals surface area contributed by atoms with Crippen LogP contribution in [0.2, 0.25) is 0 Å². The van der Waals surface area contributed by atoms with Crippen LogP contribution in [0.1, 0.15) is 28.5 Å². The maximum Gasteiger partial charge on any atom is 0.339 e. The third-order valence-corrected chi connectivity index (χ3v) is 4.85. The Bertz CT molecular complexity index is 1260. The molecule has 156 valence electrons. The van der Waals surface area contributed by atoms with Crippen molar-refractivity contribution in [2.24, 2.45) is 0 Å². The topological polar surface area (TPSA) is 94.3 Å². The summed E-state index contributed by atoms with van der Waals surface area (Å²) in [6, 6.07) is 18.4. The average molecular weight is 415 g/mol. The molecule has 0 saturated carbocycles. The highest BCUT2D eigenvalue weighted by molar-refractivity contribution is 6.05. The van der Waals surface area contributed by atoms with E-state index < -0.39 is 18.0 Å². The number of carbonyl (C=O) groups excluding carboxylic acids is 2. The van der Waals surface area contributed by atoms with Gasteiger partial charge in [0.1, 0.15) is 0 Å². The predicted molar refractivity (Wildman–Crippen MR) is 117 cm³/mol. The molecule has 1 atom stereocenters. The molecule has 0 spiro atoms. The minimum atomic E-state index is -1.00. The van der Waals surface area contributed by atoms with Crippen molar-refractivity contribution in [1.29, 1.82) is 0 Å². The first kappa shape index (κ1) is 20.3. The number of pyridine rings is 1. The van der Waals surface area contributed by atoms with Crippen LogP contribution < -0.4 is 5.32 Å². The van der Waals surface area contributed by atoms with Gasteiger partial charge in [-0.25, -0.2) is 9.78 Å². The van der Waals surface area contributed by atoms with Gasteiger partial charge in [-0.15, -0.1) is 0 Å². The molecule has 0 aliphatic heterocycles. The van der Waals surface area contributed by atoms with Crippen LogP contribution in [0, 0.1) is 13.8 Å². The van der Waals surface area contributed by atoms with Crippen molar-refractivity contribution in [3.8, 4) is 11.3 Å². The molecule has 0 radical (unpaired) electrons. The summed E-state index contributed by atoms with van der Waals surface area (Å²) in [5.74, 6) is -1.07. The van der Waals surface area contributed by atoms with Crippen LogP contribution in [0.5, 0.6) is 0 Å². The molecule has 0 bridgehead atoms. The fourth-order valence-corrected chi connectivity index (χ4v) is 3.26. The van der Waals surface area contributed by atoms with Crippen LogP contribution in [0.15, 0.2) is 65.2 Å². The number of nitrogens with zero attached hydrogens (tertiary/aromatic N) is 2. The molecular formula is C24H21N3O4. The number of benzene rings is 2. The number of nitrogens with one attached hydrogen (secondary N) is 1. The van der Waals surface area contributed by atoms with Crippen LogP contribution in [-0.2, 0) is 9.53 Å². The van der Waals surface area contributed by atoms with Gasteiger partial charge >= 0.3 is 5.97 Å². The van der Waals surface area contributed by atoms with Crippen LogP contribution in [-0.4, -0.2) is 28.1 Å². The zero-order chi connectivity index (χ0) is 22.0. The summed E-state index contributed by atoms with van der Waals surface area (Å²) >= 11 is 0. The fraction of sp³-hybridized carbons (Fsp3) is 0.167. The molecule has 31 heavy (non-hydrogen) atoms. The molecule has 1 unspecified atom stereocenters. The Labute approximate surface area is 179 Å². The van der Waals surface area contributed by atoms with Gasteiger partial charge in [0.2, 0.25) is 0 Å². The highest BCUT2D eigenvalue weighted by Gasteiger charge is 2.24. The summed E-state index contributed by atoms with van der Waals surface area (Å²) in [6.45, 7) is 5.18. The molecule has 1 amide bonds. The lowest BCUT2D eigenvalue weighted by atomic mass is 10.1. The van der Waals surface area contributed by atoms with Crippen molar-refractivity contribution in [1.82, 2.24) is 10.1 Å². The molecule has 0 aliphatic carbocycles. The summed E-state index contributed by atoms with van der Waals surface area (Å²) < 4.78 is 10.8. The van der Waals surface area contributed by atoms with E-state index in [4.69, 9.17) is 9.26 Å². The third kappa shape index (κ3) is 4.30. The first-order chi connectivity index (χ1) is 14.9. The molecule has 1 N–H and O–H groups in total. The lowest BCUT2D eigenvalue weighted by Crippen LogP contribution is -2.30. The summed E-state index contributed by atoms with van der Waals surface area (Å²) in [4.78, 5) is 30.0. The monoisotopic (exact) mass is 415 g/mol. The van der Waals surface area contributed by atoms with Gasteiger partial charge in [-0.3, -0.25) is 4.79 Å². The zero-order valence-electron chi connectivity index (χ0n) is 17.4. The Balaban J connectivity index is 1.61. The van der Waals surface area contributed by atoms with Crippen molar-refractivity contribution in [3.63, 3.8) is 0 Å². The van der Waals surface area contributed by atoms with Crippen molar-refractivity contribution >= 4 is 28.7 Å². The van der Waals surface area contributed by atoms with Gasteiger partial charge in [-0.05, 0) is 44.5 Å². The van der Waals surface area contributed by atoms with Gasteiger partial charge in [0.25, 0.3) is 11.6 Å². The quantitative estimate of drug-likeness (QED) is 0.475. The number of aromatic nitrogens is 2. The first-order valence-corrected chi connectivity index (χ1v) is 9.83. The van der Waals surface area contributed by atoms with E-state index in [0.717, 1.165) is 11.1 Å². The number of aryl methyl sites for hydroxylation is 2. The van der Waals surface area contributed by atoms with E-state index in [1.165, 1.54) is 6.92 Å². The number of hydrogen-bond acceptors (Lipinski definition) is 6. The molecule has 4 aromatic rings. The first-order valence-electron chi connectivity index (χ1n) is 9.83. The van der Waals surface area contributed by atoms with E-state index in [0.29, 0.717) is 22.5 Å². The standard InChI is InChI=1S/C24H21N3O4/c1-14-8-7-11-18(12-14)25-22(28)16(3)30-24(29)19-13-20(17-9-5-4-6-10-17)26-23-21(19)15(2)27-31-23/h4-13,16H,1-3H3,(H,25,28). The van der Waals surface area contributed by atoms with Crippen LogP contribution >= 0.6 is 0 Å². The maximum atomic E-state index is 13.0. The SMILES string of the molecule is Cc1cccc(NC(=O)C(C)OC(=O)c2cc(-c3ccccc3)nc3onc(C)c23)c1. The minimum Gasteiger partial charge on any atom is -0.449 e. The number of fused-ring (bicyclic) bond motifs is 1. The number of hydrogen-bond donors (Lipinski definition) is 1. The van der Waals surface area contributed by atoms with E-state index in [1.807, 2.05) is 55.5 Å². The number of anilines is 1. The normalized spacial score (nSPS) is 11.8. The van der Waals surface area contributed by atoms with Gasteiger partial charge in [0.05, 0.1) is 22.3 Å². The fourth-order valence-electron chi connectivity index (χ4n) is 3.26. The van der Waals surface area contributed by atoms with Gasteiger partial charge < -0.3 is 14.6 Å². The molecular weight excluding hydrogens is 394 g/mol. The van der Waals surface area contributed by atoms with Gasteiger partial charge in [0, 0.05) is 11.3 Å². The largest absolute Gasteiger partial charge is 0.449 e. The predicted octanol–water partition coefficient (Wildman–Crippen LogP) is 4.69. The number of rotatable bonds is 5. The number of amides is 1. The summed E-state index contributed by atoms with van der Waals surface area (Å²) in [7, 11) is 0. The van der Waals surface area contributed by atoms with E-state index in [1.54, 1.807) is 19.1 Å². The molecule has 2 aromatic heterocycles. The molecule has 0 aliphatic rings. The Kier molecular flexibility index (Phi) is 5.49. The van der Waals surface area contributed by atoms with Gasteiger partial charge in [-0.1, -0.05) is 47.6 Å². The number of ether oxygens (including phenoxy) is 1.